The van der Waals surface area contributed by atoms with Crippen LogP contribution in [0.15, 0.2) is 65.4 Å². The van der Waals surface area contributed by atoms with Crippen LogP contribution in [-0.4, -0.2) is 41.3 Å². The van der Waals surface area contributed by atoms with Crippen molar-refractivity contribution in [1.82, 2.24) is 10.5 Å². The summed E-state index contributed by atoms with van der Waals surface area (Å²) in [4.78, 5) is 26.5. The van der Waals surface area contributed by atoms with E-state index in [-0.39, 0.29) is 11.7 Å². The van der Waals surface area contributed by atoms with Crippen molar-refractivity contribution in [3.63, 3.8) is 0 Å². The Bertz CT molecular complexity index is 1090. The van der Waals surface area contributed by atoms with Crippen LogP contribution in [0.1, 0.15) is 24.0 Å². The zero-order valence-corrected chi connectivity index (χ0v) is 17.3. The van der Waals surface area contributed by atoms with Crippen LogP contribution < -0.4 is 10.6 Å². The second-order valence-corrected chi connectivity index (χ2v) is 8.16. The number of aliphatic hydroxyl groups is 1. The molecule has 32 heavy (non-hydrogen) atoms. The van der Waals surface area contributed by atoms with Gasteiger partial charge in [-0.25, -0.2) is 4.79 Å². The zero-order chi connectivity index (χ0) is 22.1. The maximum absolute atomic E-state index is 13.5. The van der Waals surface area contributed by atoms with Gasteiger partial charge in [-0.2, -0.15) is 0 Å². The van der Waals surface area contributed by atoms with E-state index in [1.54, 1.807) is 24.3 Å². The molecule has 2 aliphatic rings. The third-order valence-corrected chi connectivity index (χ3v) is 6.16. The van der Waals surface area contributed by atoms with E-state index in [9.17, 15) is 14.7 Å². The fourth-order valence-electron chi connectivity index (χ4n) is 4.56. The summed E-state index contributed by atoms with van der Waals surface area (Å²) in [5, 5.41) is 21.2. The largest absolute Gasteiger partial charge is 0.450 e. The average molecular weight is 433 g/mol. The van der Waals surface area contributed by atoms with E-state index in [0.717, 1.165) is 30.6 Å². The van der Waals surface area contributed by atoms with Crippen molar-refractivity contribution in [2.75, 3.05) is 18.4 Å². The Hall–Kier alpha value is -3.49. The van der Waals surface area contributed by atoms with Crippen molar-refractivity contribution >= 4 is 17.7 Å². The van der Waals surface area contributed by atoms with Crippen molar-refractivity contribution in [3.05, 3.63) is 72.0 Å². The van der Waals surface area contributed by atoms with Gasteiger partial charge in [-0.3, -0.25) is 4.79 Å². The number of anilines is 1. The van der Waals surface area contributed by atoms with Crippen molar-refractivity contribution in [2.45, 2.75) is 24.5 Å². The normalized spacial score (nSPS) is 19.1. The molecular formula is C24H23N3O5. The van der Waals surface area contributed by atoms with Gasteiger partial charge in [0.15, 0.2) is 11.9 Å². The van der Waals surface area contributed by atoms with Crippen LogP contribution in [0.5, 0.6) is 0 Å². The van der Waals surface area contributed by atoms with Crippen molar-refractivity contribution < 1.29 is 24.0 Å². The minimum atomic E-state index is -1.99. The highest BCUT2D eigenvalue weighted by Crippen LogP contribution is 2.48. The number of esters is 1. The molecule has 0 spiro atoms. The van der Waals surface area contributed by atoms with Gasteiger partial charge in [0, 0.05) is 17.2 Å². The van der Waals surface area contributed by atoms with E-state index >= 15 is 0 Å². The number of fused-ring (bicyclic) bond motifs is 3. The van der Waals surface area contributed by atoms with Gasteiger partial charge in [-0.1, -0.05) is 53.7 Å². The fourth-order valence-corrected chi connectivity index (χ4v) is 4.56. The molecule has 1 aliphatic heterocycles. The van der Waals surface area contributed by atoms with Crippen LogP contribution >= 0.6 is 0 Å². The van der Waals surface area contributed by atoms with Crippen LogP contribution in [0.3, 0.4) is 0 Å². The number of ether oxygens (including phenoxy) is 1. The molecule has 3 N–H and O–H groups in total. The predicted molar refractivity (Wildman–Crippen MR) is 115 cm³/mol. The third-order valence-electron chi connectivity index (χ3n) is 6.16. The minimum Gasteiger partial charge on any atom is -0.450 e. The summed E-state index contributed by atoms with van der Waals surface area (Å²) in [6.07, 6.45) is 1.46. The Balaban J connectivity index is 1.45. The first-order valence-corrected chi connectivity index (χ1v) is 10.6. The van der Waals surface area contributed by atoms with Gasteiger partial charge in [-0.05, 0) is 43.0 Å². The number of aromatic nitrogens is 1. The molecule has 0 bridgehead atoms. The first kappa shape index (κ1) is 20.4. The number of amides is 1. The smallest absolute Gasteiger partial charge is 0.348 e. The number of rotatable bonds is 6. The van der Waals surface area contributed by atoms with Crippen LogP contribution in [-0.2, 0) is 19.9 Å². The maximum Gasteiger partial charge on any atom is 0.348 e. The van der Waals surface area contributed by atoms with Crippen molar-refractivity contribution in [3.8, 4) is 11.1 Å². The van der Waals surface area contributed by atoms with E-state index in [1.165, 1.54) is 12.3 Å². The molecule has 2 atom stereocenters. The lowest BCUT2D eigenvalue weighted by Crippen LogP contribution is -2.43. The van der Waals surface area contributed by atoms with E-state index in [2.05, 4.69) is 15.8 Å². The van der Waals surface area contributed by atoms with Crippen LogP contribution in [0, 0.1) is 5.92 Å². The molecule has 2 aromatic carbocycles. The van der Waals surface area contributed by atoms with E-state index in [0.29, 0.717) is 17.5 Å². The Labute approximate surface area is 184 Å². The lowest BCUT2D eigenvalue weighted by Gasteiger charge is -2.27. The molecule has 1 saturated heterocycles. The van der Waals surface area contributed by atoms with Crippen LogP contribution in [0.4, 0.5) is 5.82 Å². The molecular weight excluding hydrogens is 410 g/mol. The monoisotopic (exact) mass is 433 g/mol. The standard InChI is InChI=1S/C24H23N3O5/c28-22(26-21-10-12-31-27-21)20(13-15-9-11-25-14-15)32-23(29)24(30)18-7-3-1-5-16(18)17-6-2-4-8-19(17)24/h1-8,10,12,15,20,25,30H,9,11,13-14H2,(H,26,27,28)/t15-,20?/m1/s1. The number of hydrogen-bond donors (Lipinski definition) is 3. The van der Waals surface area contributed by atoms with Gasteiger partial charge in [0.2, 0.25) is 5.60 Å². The molecule has 5 rings (SSSR count). The summed E-state index contributed by atoms with van der Waals surface area (Å²) in [6.45, 7) is 1.59. The quantitative estimate of drug-likeness (QED) is 0.512. The molecule has 1 unspecified atom stereocenters. The number of carbonyl (C=O) groups is 2. The summed E-state index contributed by atoms with van der Waals surface area (Å²) < 4.78 is 10.5. The molecule has 1 aromatic heterocycles. The lowest BCUT2D eigenvalue weighted by atomic mass is 9.91. The summed E-state index contributed by atoms with van der Waals surface area (Å²) in [5.41, 5.74) is 0.444. The maximum atomic E-state index is 13.5. The van der Waals surface area contributed by atoms with Gasteiger partial charge >= 0.3 is 5.97 Å². The second-order valence-electron chi connectivity index (χ2n) is 8.16. The van der Waals surface area contributed by atoms with E-state index in [4.69, 9.17) is 9.26 Å². The Kier molecular flexibility index (Phi) is 5.24. The average Bonchev–Trinajstić information content (AvgIpc) is 3.56. The number of nitrogens with zero attached hydrogens (tertiary/aromatic N) is 1. The molecule has 1 fully saturated rings. The molecule has 1 amide bonds. The molecule has 3 aromatic rings. The molecule has 8 nitrogen and oxygen atoms in total. The molecule has 164 valence electrons. The predicted octanol–water partition coefficient (Wildman–Crippen LogP) is 2.44. The van der Waals surface area contributed by atoms with Gasteiger partial charge in [0.25, 0.3) is 5.91 Å². The summed E-state index contributed by atoms with van der Waals surface area (Å²) in [7, 11) is 0. The van der Waals surface area contributed by atoms with Crippen LogP contribution in [0.2, 0.25) is 0 Å². The Morgan fingerprint density at radius 1 is 1.16 bits per heavy atom. The second kappa shape index (κ2) is 8.22. The molecule has 2 heterocycles. The third kappa shape index (κ3) is 3.47. The zero-order valence-electron chi connectivity index (χ0n) is 17.3. The summed E-state index contributed by atoms with van der Waals surface area (Å²) >= 11 is 0. The minimum absolute atomic E-state index is 0.175. The molecule has 0 radical (unpaired) electrons. The lowest BCUT2D eigenvalue weighted by molar-refractivity contribution is -0.170. The SMILES string of the molecule is O=C(Nc1ccon1)C(C[C@H]1CCNC1)OC(=O)C1(O)c2ccccc2-c2ccccc21. The van der Waals surface area contributed by atoms with Crippen LogP contribution in [0.25, 0.3) is 11.1 Å². The van der Waals surface area contributed by atoms with Gasteiger partial charge in [0.05, 0.1) is 0 Å². The summed E-state index contributed by atoms with van der Waals surface area (Å²) in [6, 6.07) is 15.9. The van der Waals surface area contributed by atoms with E-state index in [1.807, 2.05) is 24.3 Å². The number of nitrogens with one attached hydrogen (secondary N) is 2. The van der Waals surface area contributed by atoms with Crippen molar-refractivity contribution in [1.29, 1.82) is 0 Å². The Morgan fingerprint density at radius 2 is 1.84 bits per heavy atom. The summed E-state index contributed by atoms with van der Waals surface area (Å²) in [5.74, 6) is -0.979. The van der Waals surface area contributed by atoms with Gasteiger partial charge in [0.1, 0.15) is 6.26 Å². The van der Waals surface area contributed by atoms with E-state index < -0.39 is 23.6 Å². The number of hydrogen-bond acceptors (Lipinski definition) is 7. The number of carbonyl (C=O) groups excluding carboxylic acids is 2. The van der Waals surface area contributed by atoms with Gasteiger partial charge < -0.3 is 25.0 Å². The first-order chi connectivity index (χ1) is 15.6. The van der Waals surface area contributed by atoms with Crippen molar-refractivity contribution in [2.24, 2.45) is 5.92 Å². The first-order valence-electron chi connectivity index (χ1n) is 10.6. The van der Waals surface area contributed by atoms with Gasteiger partial charge in [-0.15, -0.1) is 0 Å². The topological polar surface area (TPSA) is 114 Å². The fraction of sp³-hybridized carbons (Fsp3) is 0.292. The highest BCUT2D eigenvalue weighted by Gasteiger charge is 2.50. The molecule has 8 heteroatoms. The number of benzene rings is 2. The molecule has 0 saturated carbocycles. The highest BCUT2D eigenvalue weighted by atomic mass is 16.6. The highest BCUT2D eigenvalue weighted by molar-refractivity contribution is 5.99. The Morgan fingerprint density at radius 3 is 2.44 bits per heavy atom. The molecule has 1 aliphatic carbocycles.